The van der Waals surface area contributed by atoms with Crippen molar-refractivity contribution in [2.24, 2.45) is 0 Å². The average molecular weight is 283 g/mol. The molecule has 0 spiro atoms. The Kier molecular flexibility index (Phi) is 4.72. The molecule has 0 bridgehead atoms. The second-order valence-electron chi connectivity index (χ2n) is 4.73. The molecule has 0 heterocycles. The Morgan fingerprint density at radius 2 is 1.81 bits per heavy atom. The summed E-state index contributed by atoms with van der Waals surface area (Å²) in [7, 11) is 1.34. The smallest absolute Gasteiger partial charge is 0.337 e. The van der Waals surface area contributed by atoms with Crippen LogP contribution in [0.15, 0.2) is 48.5 Å². The zero-order valence-corrected chi connectivity index (χ0v) is 12.1. The van der Waals surface area contributed by atoms with Gasteiger partial charge in [0.1, 0.15) is 0 Å². The lowest BCUT2D eigenvalue weighted by molar-refractivity contribution is -0.115. The van der Waals surface area contributed by atoms with Crippen LogP contribution in [0.3, 0.4) is 0 Å². The van der Waals surface area contributed by atoms with E-state index in [2.05, 4.69) is 10.1 Å². The van der Waals surface area contributed by atoms with E-state index in [0.29, 0.717) is 17.7 Å². The molecule has 0 aromatic heterocycles. The predicted octanol–water partition coefficient (Wildman–Crippen LogP) is 2.96. The molecule has 0 unspecified atom stereocenters. The van der Waals surface area contributed by atoms with Crippen LogP contribution in [-0.4, -0.2) is 19.0 Å². The van der Waals surface area contributed by atoms with Crippen LogP contribution in [0.2, 0.25) is 0 Å². The van der Waals surface area contributed by atoms with E-state index in [1.165, 1.54) is 7.11 Å². The molecule has 0 radical (unpaired) electrons. The molecule has 2 aromatic rings. The van der Waals surface area contributed by atoms with Crippen LogP contribution >= 0.6 is 0 Å². The van der Waals surface area contributed by atoms with Gasteiger partial charge in [0.25, 0.3) is 0 Å². The second kappa shape index (κ2) is 6.70. The van der Waals surface area contributed by atoms with Gasteiger partial charge in [-0.1, -0.05) is 30.3 Å². The summed E-state index contributed by atoms with van der Waals surface area (Å²) in [4.78, 5) is 23.4. The fraction of sp³-hybridized carbons (Fsp3) is 0.176. The largest absolute Gasteiger partial charge is 0.465 e. The first kappa shape index (κ1) is 14.8. The molecule has 1 amide bonds. The Balaban J connectivity index is 2.06. The molecule has 2 rings (SSSR count). The third-order valence-electron chi connectivity index (χ3n) is 3.13. The van der Waals surface area contributed by atoms with Gasteiger partial charge in [0.2, 0.25) is 5.91 Å². The van der Waals surface area contributed by atoms with Crippen molar-refractivity contribution in [1.82, 2.24) is 0 Å². The van der Waals surface area contributed by atoms with E-state index in [9.17, 15) is 9.59 Å². The fourth-order valence-corrected chi connectivity index (χ4v) is 2.02. The molecule has 1 N–H and O–H groups in total. The van der Waals surface area contributed by atoms with Crippen molar-refractivity contribution in [2.75, 3.05) is 12.4 Å². The zero-order chi connectivity index (χ0) is 15.2. The van der Waals surface area contributed by atoms with E-state index in [0.717, 1.165) is 11.1 Å². The van der Waals surface area contributed by atoms with Gasteiger partial charge in [0.05, 0.1) is 19.1 Å². The van der Waals surface area contributed by atoms with Crippen molar-refractivity contribution in [2.45, 2.75) is 13.3 Å². The number of aryl methyl sites for hydroxylation is 1. The zero-order valence-electron chi connectivity index (χ0n) is 12.1. The van der Waals surface area contributed by atoms with Crippen LogP contribution in [0.25, 0.3) is 0 Å². The number of rotatable bonds is 4. The highest BCUT2D eigenvalue weighted by Gasteiger charge is 2.10. The van der Waals surface area contributed by atoms with Gasteiger partial charge in [-0.2, -0.15) is 0 Å². The molecule has 0 fully saturated rings. The van der Waals surface area contributed by atoms with Crippen molar-refractivity contribution in [3.63, 3.8) is 0 Å². The number of ether oxygens (including phenoxy) is 1. The van der Waals surface area contributed by atoms with E-state index in [4.69, 9.17) is 0 Å². The molecule has 0 atom stereocenters. The number of hydrogen-bond donors (Lipinski definition) is 1. The molecule has 4 nitrogen and oxygen atoms in total. The number of carbonyl (C=O) groups is 2. The van der Waals surface area contributed by atoms with Crippen molar-refractivity contribution in [3.05, 3.63) is 65.2 Å². The van der Waals surface area contributed by atoms with E-state index in [1.54, 1.807) is 18.2 Å². The highest BCUT2D eigenvalue weighted by Crippen LogP contribution is 2.17. The molecule has 108 valence electrons. The summed E-state index contributed by atoms with van der Waals surface area (Å²) in [6.45, 7) is 1.84. The topological polar surface area (TPSA) is 55.4 Å². The van der Waals surface area contributed by atoms with Crippen LogP contribution < -0.4 is 5.32 Å². The molecular formula is C17H17NO3. The molecule has 2 aromatic carbocycles. The van der Waals surface area contributed by atoms with Gasteiger partial charge in [-0.25, -0.2) is 4.79 Å². The summed E-state index contributed by atoms with van der Waals surface area (Å²) in [6.07, 6.45) is 0.318. The molecule has 21 heavy (non-hydrogen) atoms. The Morgan fingerprint density at radius 1 is 1.10 bits per heavy atom. The highest BCUT2D eigenvalue weighted by atomic mass is 16.5. The van der Waals surface area contributed by atoms with Crippen LogP contribution in [0.4, 0.5) is 5.69 Å². The lowest BCUT2D eigenvalue weighted by Gasteiger charge is -2.09. The predicted molar refractivity (Wildman–Crippen MR) is 81.3 cm³/mol. The third kappa shape index (κ3) is 3.92. The van der Waals surface area contributed by atoms with Crippen LogP contribution in [0.1, 0.15) is 21.5 Å². The SMILES string of the molecule is COC(=O)c1ccc(NC(=O)Cc2ccccc2)c(C)c1. The molecule has 0 aliphatic heterocycles. The van der Waals surface area contributed by atoms with Crippen LogP contribution in [0.5, 0.6) is 0 Å². The second-order valence-corrected chi connectivity index (χ2v) is 4.73. The number of hydrogen-bond acceptors (Lipinski definition) is 3. The maximum Gasteiger partial charge on any atom is 0.337 e. The maximum atomic E-state index is 12.0. The quantitative estimate of drug-likeness (QED) is 0.878. The summed E-state index contributed by atoms with van der Waals surface area (Å²) in [5.74, 6) is -0.476. The highest BCUT2D eigenvalue weighted by molar-refractivity contribution is 5.94. The molecule has 0 aliphatic rings. The summed E-state index contributed by atoms with van der Waals surface area (Å²) >= 11 is 0. The Morgan fingerprint density at radius 3 is 2.43 bits per heavy atom. The van der Waals surface area contributed by atoms with Crippen molar-refractivity contribution in [3.8, 4) is 0 Å². The number of amides is 1. The standard InChI is InChI=1S/C17H17NO3/c1-12-10-14(17(20)21-2)8-9-15(12)18-16(19)11-13-6-4-3-5-7-13/h3-10H,11H2,1-2H3,(H,18,19). The van der Waals surface area contributed by atoms with Crippen LogP contribution in [0, 0.1) is 6.92 Å². The minimum Gasteiger partial charge on any atom is -0.465 e. The van der Waals surface area contributed by atoms with Gasteiger partial charge >= 0.3 is 5.97 Å². The maximum absolute atomic E-state index is 12.0. The van der Waals surface area contributed by atoms with Gasteiger partial charge in [-0.05, 0) is 36.2 Å². The van der Waals surface area contributed by atoms with E-state index >= 15 is 0 Å². The van der Waals surface area contributed by atoms with Gasteiger partial charge in [0, 0.05) is 5.69 Å². The minimum atomic E-state index is -0.389. The number of benzene rings is 2. The molecule has 4 heteroatoms. The molecule has 0 saturated heterocycles. The Labute approximate surface area is 123 Å². The van der Waals surface area contributed by atoms with Crippen molar-refractivity contribution >= 4 is 17.6 Å². The number of methoxy groups -OCH3 is 1. The first-order chi connectivity index (χ1) is 10.1. The normalized spacial score (nSPS) is 10.0. The Hall–Kier alpha value is -2.62. The number of esters is 1. The summed E-state index contributed by atoms with van der Waals surface area (Å²) < 4.78 is 4.66. The lowest BCUT2D eigenvalue weighted by atomic mass is 10.1. The third-order valence-corrected chi connectivity index (χ3v) is 3.13. The van der Waals surface area contributed by atoms with E-state index < -0.39 is 0 Å². The van der Waals surface area contributed by atoms with E-state index in [1.807, 2.05) is 37.3 Å². The molecule has 0 aliphatic carbocycles. The first-order valence-corrected chi connectivity index (χ1v) is 6.63. The molecule has 0 saturated carbocycles. The van der Waals surface area contributed by atoms with Crippen molar-refractivity contribution < 1.29 is 14.3 Å². The van der Waals surface area contributed by atoms with Crippen molar-refractivity contribution in [1.29, 1.82) is 0 Å². The summed E-state index contributed by atoms with van der Waals surface area (Å²) in [5, 5.41) is 2.85. The lowest BCUT2D eigenvalue weighted by Crippen LogP contribution is -2.15. The Bertz CT molecular complexity index is 650. The minimum absolute atomic E-state index is 0.0879. The first-order valence-electron chi connectivity index (χ1n) is 6.63. The van der Waals surface area contributed by atoms with Gasteiger partial charge in [0.15, 0.2) is 0 Å². The van der Waals surface area contributed by atoms with Gasteiger partial charge in [-0.3, -0.25) is 4.79 Å². The van der Waals surface area contributed by atoms with Crippen LogP contribution in [-0.2, 0) is 16.0 Å². The summed E-state index contributed by atoms with van der Waals surface area (Å²) in [5.41, 5.74) is 2.94. The fourth-order valence-electron chi connectivity index (χ4n) is 2.02. The number of carbonyl (C=O) groups excluding carboxylic acids is 2. The average Bonchev–Trinajstić information content (AvgIpc) is 2.49. The molecular weight excluding hydrogens is 266 g/mol. The van der Waals surface area contributed by atoms with E-state index in [-0.39, 0.29) is 11.9 Å². The monoisotopic (exact) mass is 283 g/mol. The van der Waals surface area contributed by atoms with Gasteiger partial charge < -0.3 is 10.1 Å². The number of anilines is 1. The number of nitrogens with one attached hydrogen (secondary N) is 1. The van der Waals surface area contributed by atoms with Gasteiger partial charge in [-0.15, -0.1) is 0 Å². The summed E-state index contributed by atoms with van der Waals surface area (Å²) in [6, 6.07) is 14.6.